The number of sulfone groups is 1. The van der Waals surface area contributed by atoms with Crippen LogP contribution in [0.15, 0.2) is 41.3 Å². The van der Waals surface area contributed by atoms with Gasteiger partial charge in [0, 0.05) is 15.6 Å². The van der Waals surface area contributed by atoms with Crippen LogP contribution in [0.2, 0.25) is 10.0 Å². The summed E-state index contributed by atoms with van der Waals surface area (Å²) in [6, 6.07) is 4.15. The van der Waals surface area contributed by atoms with Crippen molar-refractivity contribution >= 4 is 33.0 Å². The van der Waals surface area contributed by atoms with Gasteiger partial charge in [0.25, 0.3) is 0 Å². The molecule has 0 saturated carbocycles. The number of rotatable bonds is 3. The van der Waals surface area contributed by atoms with Crippen molar-refractivity contribution in [3.8, 4) is 0 Å². The third kappa shape index (κ3) is 4.63. The lowest BCUT2D eigenvalue weighted by atomic mass is 10.1. The highest BCUT2D eigenvalue weighted by molar-refractivity contribution is 7.90. The van der Waals surface area contributed by atoms with Crippen LogP contribution in [0.25, 0.3) is 0 Å². The molecule has 0 heterocycles. The number of hydrogen-bond donors (Lipinski definition) is 0. The summed E-state index contributed by atoms with van der Waals surface area (Å²) in [6.45, 7) is 0. The Bertz CT molecular complexity index is 884. The summed E-state index contributed by atoms with van der Waals surface area (Å²) in [5, 5.41) is -0.159. The van der Waals surface area contributed by atoms with E-state index in [1.807, 2.05) is 0 Å². The predicted molar refractivity (Wildman–Crippen MR) is 83.8 cm³/mol. The van der Waals surface area contributed by atoms with Crippen molar-refractivity contribution in [1.29, 1.82) is 0 Å². The van der Waals surface area contributed by atoms with Crippen LogP contribution in [-0.2, 0) is 27.9 Å². The number of benzene rings is 2. The summed E-state index contributed by atoms with van der Waals surface area (Å²) in [4.78, 5) is -1.13. The highest BCUT2D eigenvalue weighted by Gasteiger charge is 2.38. The minimum Gasteiger partial charge on any atom is -0.223 e. The Morgan fingerprint density at radius 2 is 1.23 bits per heavy atom. The molecule has 26 heavy (non-hydrogen) atoms. The average molecular weight is 437 g/mol. The molecule has 0 aliphatic rings. The largest absolute Gasteiger partial charge is 0.416 e. The smallest absolute Gasteiger partial charge is 0.223 e. The first-order chi connectivity index (χ1) is 11.7. The Morgan fingerprint density at radius 1 is 0.808 bits per heavy atom. The number of alkyl halides is 6. The molecule has 0 saturated heterocycles. The van der Waals surface area contributed by atoms with Crippen LogP contribution in [0.1, 0.15) is 16.7 Å². The van der Waals surface area contributed by atoms with Gasteiger partial charge in [-0.3, -0.25) is 0 Å². The zero-order chi connectivity index (χ0) is 19.9. The van der Waals surface area contributed by atoms with Gasteiger partial charge in [0.1, 0.15) is 0 Å². The van der Waals surface area contributed by atoms with E-state index >= 15 is 0 Å². The second-order valence-electron chi connectivity index (χ2n) is 5.20. The summed E-state index contributed by atoms with van der Waals surface area (Å²) >= 11 is 11.6. The molecular formula is C15H8Cl2F6O2S. The van der Waals surface area contributed by atoms with Crippen molar-refractivity contribution in [3.05, 3.63) is 63.1 Å². The van der Waals surface area contributed by atoms with Crippen LogP contribution in [0, 0.1) is 0 Å². The van der Waals surface area contributed by atoms with Crippen molar-refractivity contribution in [1.82, 2.24) is 0 Å². The fourth-order valence-corrected chi connectivity index (χ4v) is 4.21. The molecule has 0 amide bonds. The van der Waals surface area contributed by atoms with Crippen LogP contribution in [0.3, 0.4) is 0 Å². The van der Waals surface area contributed by atoms with Gasteiger partial charge in [-0.2, -0.15) is 26.3 Å². The molecule has 0 bridgehead atoms. The van der Waals surface area contributed by atoms with Gasteiger partial charge >= 0.3 is 12.4 Å². The van der Waals surface area contributed by atoms with E-state index in [2.05, 4.69) is 0 Å². The maximum absolute atomic E-state index is 12.9. The van der Waals surface area contributed by atoms with Crippen molar-refractivity contribution < 1.29 is 34.8 Å². The Hall–Kier alpha value is -1.45. The van der Waals surface area contributed by atoms with Crippen LogP contribution in [0.4, 0.5) is 26.3 Å². The average Bonchev–Trinajstić information content (AvgIpc) is 2.49. The molecule has 142 valence electrons. The number of halogens is 8. The third-order valence-electron chi connectivity index (χ3n) is 3.32. The van der Waals surface area contributed by atoms with Crippen LogP contribution >= 0.6 is 23.2 Å². The Morgan fingerprint density at radius 3 is 1.62 bits per heavy atom. The van der Waals surface area contributed by atoms with E-state index in [4.69, 9.17) is 23.2 Å². The zero-order valence-electron chi connectivity index (χ0n) is 12.4. The molecule has 0 atom stereocenters. The first kappa shape index (κ1) is 20.9. The monoisotopic (exact) mass is 436 g/mol. The van der Waals surface area contributed by atoms with E-state index < -0.39 is 44.0 Å². The molecule has 2 aromatic rings. The van der Waals surface area contributed by atoms with Crippen LogP contribution in [-0.4, -0.2) is 8.42 Å². The fourth-order valence-electron chi connectivity index (χ4n) is 2.05. The molecule has 2 nitrogen and oxygen atoms in total. The normalized spacial score (nSPS) is 13.1. The summed E-state index contributed by atoms with van der Waals surface area (Å²) in [5.74, 6) is -0.954. The van der Waals surface area contributed by atoms with E-state index in [9.17, 15) is 34.8 Å². The van der Waals surface area contributed by atoms with Crippen LogP contribution < -0.4 is 0 Å². The lowest BCUT2D eigenvalue weighted by molar-refractivity contribution is -0.143. The first-order valence-corrected chi connectivity index (χ1v) is 9.08. The second-order valence-corrected chi connectivity index (χ2v) is 8.00. The van der Waals surface area contributed by atoms with E-state index in [0.29, 0.717) is 0 Å². The molecule has 0 aliphatic heterocycles. The van der Waals surface area contributed by atoms with Crippen molar-refractivity contribution in [2.45, 2.75) is 23.0 Å². The lowest BCUT2D eigenvalue weighted by Gasteiger charge is -2.15. The molecular weight excluding hydrogens is 429 g/mol. The molecule has 0 unspecified atom stereocenters. The second kappa shape index (κ2) is 6.94. The summed E-state index contributed by atoms with van der Waals surface area (Å²) in [7, 11) is -4.59. The molecule has 0 N–H and O–H groups in total. The lowest BCUT2D eigenvalue weighted by Crippen LogP contribution is -2.14. The molecule has 0 aromatic heterocycles. The molecule has 0 radical (unpaired) electrons. The van der Waals surface area contributed by atoms with E-state index in [0.717, 1.165) is 0 Å². The van der Waals surface area contributed by atoms with Crippen LogP contribution in [0.5, 0.6) is 0 Å². The summed E-state index contributed by atoms with van der Waals surface area (Å²) in [6.07, 6.45) is -10.3. The molecule has 0 aliphatic carbocycles. The SMILES string of the molecule is O=S(=O)(Cc1c(Cl)cccc1Cl)c1cc(C(F)(F)F)cc(C(F)(F)F)c1. The van der Waals surface area contributed by atoms with Gasteiger partial charge in [0.05, 0.1) is 21.8 Å². The predicted octanol–water partition coefficient (Wildman–Crippen LogP) is 6.00. The van der Waals surface area contributed by atoms with Gasteiger partial charge in [0.15, 0.2) is 9.84 Å². The van der Waals surface area contributed by atoms with Gasteiger partial charge in [0.2, 0.25) is 0 Å². The molecule has 2 aromatic carbocycles. The van der Waals surface area contributed by atoms with Gasteiger partial charge in [-0.05, 0) is 30.3 Å². The Balaban J connectivity index is 2.62. The third-order valence-corrected chi connectivity index (χ3v) is 5.65. The molecule has 2 rings (SSSR count). The molecule has 0 fully saturated rings. The molecule has 0 spiro atoms. The maximum Gasteiger partial charge on any atom is 0.416 e. The van der Waals surface area contributed by atoms with Gasteiger partial charge in [-0.1, -0.05) is 29.3 Å². The quantitative estimate of drug-likeness (QED) is 0.552. The first-order valence-electron chi connectivity index (χ1n) is 6.67. The van der Waals surface area contributed by atoms with E-state index in [1.54, 1.807) is 0 Å². The van der Waals surface area contributed by atoms with E-state index in [-0.39, 0.29) is 33.8 Å². The van der Waals surface area contributed by atoms with E-state index in [1.165, 1.54) is 18.2 Å². The Labute approximate surface area is 154 Å². The topological polar surface area (TPSA) is 34.1 Å². The van der Waals surface area contributed by atoms with Gasteiger partial charge in [-0.15, -0.1) is 0 Å². The standard InChI is InChI=1S/C15H8Cl2F6O2S/c16-12-2-1-3-13(17)11(12)7-26(24,25)10-5-8(14(18,19)20)4-9(6-10)15(21,22)23/h1-6H,7H2. The minimum atomic E-state index is -5.16. The summed E-state index contributed by atoms with van der Waals surface area (Å²) < 4.78 is 102. The molecule has 11 heteroatoms. The minimum absolute atomic E-state index is 0.0795. The van der Waals surface area contributed by atoms with Crippen molar-refractivity contribution in [3.63, 3.8) is 0 Å². The van der Waals surface area contributed by atoms with Crippen molar-refractivity contribution in [2.24, 2.45) is 0 Å². The van der Waals surface area contributed by atoms with Gasteiger partial charge in [-0.25, -0.2) is 8.42 Å². The number of hydrogen-bond acceptors (Lipinski definition) is 2. The Kier molecular flexibility index (Phi) is 5.56. The summed E-state index contributed by atoms with van der Waals surface area (Å²) in [5.41, 5.74) is -3.57. The highest BCUT2D eigenvalue weighted by Crippen LogP contribution is 2.38. The maximum atomic E-state index is 12.9. The fraction of sp³-hybridized carbons (Fsp3) is 0.200. The van der Waals surface area contributed by atoms with Gasteiger partial charge < -0.3 is 0 Å². The highest BCUT2D eigenvalue weighted by atomic mass is 35.5. The zero-order valence-corrected chi connectivity index (χ0v) is 14.7. The van der Waals surface area contributed by atoms with Crippen molar-refractivity contribution in [2.75, 3.05) is 0 Å².